The van der Waals surface area contributed by atoms with Gasteiger partial charge in [-0.1, -0.05) is 6.07 Å². The Labute approximate surface area is 103 Å². The molecule has 0 N–H and O–H groups in total. The lowest BCUT2D eigenvalue weighted by atomic mass is 10.2. The van der Waals surface area contributed by atoms with Gasteiger partial charge in [0.25, 0.3) is 0 Å². The maximum Gasteiger partial charge on any atom is 0.348 e. The van der Waals surface area contributed by atoms with E-state index in [0.29, 0.717) is 11.5 Å². The molecule has 0 unspecified atom stereocenters. The fourth-order valence-corrected chi connectivity index (χ4v) is 3.42. The predicted octanol–water partition coefficient (Wildman–Crippen LogP) is 3.96. The molecule has 2 aromatic rings. The number of carbonyl (C=O) groups is 1. The molecule has 0 radical (unpaired) electrons. The van der Waals surface area contributed by atoms with Crippen LogP contribution in [-0.4, -0.2) is 12.6 Å². The lowest BCUT2D eigenvalue weighted by molar-refractivity contribution is 0.0532. The summed E-state index contributed by atoms with van der Waals surface area (Å²) in [7, 11) is 0. The molecule has 0 saturated heterocycles. The van der Waals surface area contributed by atoms with Crippen molar-refractivity contribution in [2.24, 2.45) is 0 Å². The van der Waals surface area contributed by atoms with Gasteiger partial charge in [0, 0.05) is 9.75 Å². The zero-order valence-electron chi connectivity index (χ0n) is 9.15. The highest BCUT2D eigenvalue weighted by molar-refractivity contribution is 7.22. The number of hydrogen-bond acceptors (Lipinski definition) is 4. The highest BCUT2D eigenvalue weighted by Gasteiger charge is 2.14. The summed E-state index contributed by atoms with van der Waals surface area (Å²) in [6, 6.07) is 5.99. The maximum absolute atomic E-state index is 11.6. The van der Waals surface area contributed by atoms with E-state index in [4.69, 9.17) is 4.74 Å². The number of thiophene rings is 2. The Morgan fingerprint density at radius 2 is 2.31 bits per heavy atom. The summed E-state index contributed by atoms with van der Waals surface area (Å²) in [5.74, 6) is -0.224. The summed E-state index contributed by atoms with van der Waals surface area (Å²) >= 11 is 3.19. The third-order valence-corrected chi connectivity index (χ3v) is 4.41. The first-order valence-corrected chi connectivity index (χ1v) is 6.73. The minimum absolute atomic E-state index is 0.224. The van der Waals surface area contributed by atoms with Crippen molar-refractivity contribution < 1.29 is 9.53 Å². The van der Waals surface area contributed by atoms with E-state index in [1.54, 1.807) is 11.3 Å². The zero-order chi connectivity index (χ0) is 11.5. The van der Waals surface area contributed by atoms with Crippen molar-refractivity contribution in [1.29, 1.82) is 0 Å². The molecule has 0 saturated carbocycles. The van der Waals surface area contributed by atoms with Crippen molar-refractivity contribution >= 4 is 28.6 Å². The summed E-state index contributed by atoms with van der Waals surface area (Å²) in [5.41, 5.74) is 1.13. The van der Waals surface area contributed by atoms with Crippen LogP contribution in [0.3, 0.4) is 0 Å². The summed E-state index contributed by atoms with van der Waals surface area (Å²) in [4.78, 5) is 14.6. The molecule has 0 aliphatic rings. The first-order chi connectivity index (χ1) is 7.72. The molecular formula is C12H12O2S2. The van der Waals surface area contributed by atoms with Gasteiger partial charge in [-0.2, -0.15) is 0 Å². The Balaban J connectivity index is 2.32. The fourth-order valence-electron chi connectivity index (χ4n) is 1.44. The maximum atomic E-state index is 11.6. The molecule has 0 fully saturated rings. The van der Waals surface area contributed by atoms with E-state index in [1.165, 1.54) is 16.2 Å². The van der Waals surface area contributed by atoms with E-state index in [1.807, 2.05) is 31.4 Å². The number of aryl methyl sites for hydroxylation is 1. The molecule has 0 aliphatic heterocycles. The molecule has 0 spiro atoms. The number of hydrogen-bond donors (Lipinski definition) is 0. The summed E-state index contributed by atoms with van der Waals surface area (Å²) in [5, 5.41) is 2.04. The van der Waals surface area contributed by atoms with Crippen molar-refractivity contribution in [3.8, 4) is 9.75 Å². The second-order valence-electron chi connectivity index (χ2n) is 3.32. The van der Waals surface area contributed by atoms with E-state index in [-0.39, 0.29) is 5.97 Å². The molecule has 16 heavy (non-hydrogen) atoms. The van der Waals surface area contributed by atoms with Crippen LogP contribution < -0.4 is 0 Å². The van der Waals surface area contributed by atoms with E-state index in [9.17, 15) is 4.79 Å². The van der Waals surface area contributed by atoms with Crippen molar-refractivity contribution in [3.05, 3.63) is 34.0 Å². The van der Waals surface area contributed by atoms with Gasteiger partial charge >= 0.3 is 5.97 Å². The van der Waals surface area contributed by atoms with Crippen LogP contribution in [0.5, 0.6) is 0 Å². The largest absolute Gasteiger partial charge is 0.462 e. The first-order valence-electron chi connectivity index (χ1n) is 5.03. The van der Waals surface area contributed by atoms with Crippen LogP contribution in [-0.2, 0) is 4.74 Å². The Morgan fingerprint density at radius 1 is 1.50 bits per heavy atom. The van der Waals surface area contributed by atoms with Crippen molar-refractivity contribution in [3.63, 3.8) is 0 Å². The lowest BCUT2D eigenvalue weighted by Crippen LogP contribution is -2.01. The summed E-state index contributed by atoms with van der Waals surface area (Å²) in [6.45, 7) is 4.26. The Bertz CT molecular complexity index is 483. The number of ether oxygens (including phenoxy) is 1. The van der Waals surface area contributed by atoms with Crippen LogP contribution in [0.2, 0.25) is 0 Å². The molecule has 2 aromatic heterocycles. The average Bonchev–Trinajstić information content (AvgIpc) is 2.86. The van der Waals surface area contributed by atoms with Crippen molar-refractivity contribution in [1.82, 2.24) is 0 Å². The van der Waals surface area contributed by atoms with Gasteiger partial charge in [0.2, 0.25) is 0 Å². The van der Waals surface area contributed by atoms with Crippen LogP contribution in [0.4, 0.5) is 0 Å². The Morgan fingerprint density at radius 3 is 2.94 bits per heavy atom. The molecule has 2 rings (SSSR count). The normalized spacial score (nSPS) is 10.4. The Hall–Kier alpha value is -1.13. The SMILES string of the molecule is CCOC(=O)c1cc(C)c(-c2cccs2)s1. The quantitative estimate of drug-likeness (QED) is 0.773. The average molecular weight is 252 g/mol. The highest BCUT2D eigenvalue weighted by atomic mass is 32.1. The van der Waals surface area contributed by atoms with Crippen molar-refractivity contribution in [2.45, 2.75) is 13.8 Å². The van der Waals surface area contributed by atoms with Gasteiger partial charge in [-0.05, 0) is 36.9 Å². The second kappa shape index (κ2) is 4.80. The molecule has 2 heterocycles. The number of esters is 1. The van der Waals surface area contributed by atoms with Gasteiger partial charge in [-0.25, -0.2) is 4.79 Å². The molecule has 2 nitrogen and oxygen atoms in total. The van der Waals surface area contributed by atoms with Crippen LogP contribution in [0, 0.1) is 6.92 Å². The minimum Gasteiger partial charge on any atom is -0.462 e. The number of carbonyl (C=O) groups excluding carboxylic acids is 1. The summed E-state index contributed by atoms with van der Waals surface area (Å²) < 4.78 is 4.99. The van der Waals surface area contributed by atoms with Gasteiger partial charge in [0.1, 0.15) is 4.88 Å². The van der Waals surface area contributed by atoms with Gasteiger partial charge in [0.05, 0.1) is 6.61 Å². The molecular weight excluding hydrogens is 240 g/mol. The molecule has 84 valence electrons. The van der Waals surface area contributed by atoms with E-state index in [2.05, 4.69) is 6.07 Å². The van der Waals surface area contributed by atoms with Gasteiger partial charge in [-0.3, -0.25) is 0 Å². The first kappa shape index (κ1) is 11.4. The number of rotatable bonds is 3. The smallest absolute Gasteiger partial charge is 0.348 e. The third kappa shape index (κ3) is 2.18. The van der Waals surface area contributed by atoms with Crippen LogP contribution in [0.25, 0.3) is 9.75 Å². The minimum atomic E-state index is -0.224. The van der Waals surface area contributed by atoms with Crippen LogP contribution >= 0.6 is 22.7 Å². The lowest BCUT2D eigenvalue weighted by Gasteiger charge is -1.96. The van der Waals surface area contributed by atoms with Gasteiger partial charge < -0.3 is 4.74 Å². The van der Waals surface area contributed by atoms with E-state index < -0.39 is 0 Å². The fraction of sp³-hybridized carbons (Fsp3) is 0.250. The summed E-state index contributed by atoms with van der Waals surface area (Å²) in [6.07, 6.45) is 0. The molecule has 0 bridgehead atoms. The molecule has 0 aromatic carbocycles. The second-order valence-corrected chi connectivity index (χ2v) is 5.32. The highest BCUT2D eigenvalue weighted by Crippen LogP contribution is 2.35. The standard InChI is InChI=1S/C12H12O2S2/c1-3-14-12(13)10-7-8(2)11(16-10)9-5-4-6-15-9/h4-7H,3H2,1-2H3. The monoisotopic (exact) mass is 252 g/mol. The topological polar surface area (TPSA) is 26.3 Å². The zero-order valence-corrected chi connectivity index (χ0v) is 10.8. The predicted molar refractivity (Wildman–Crippen MR) is 68.3 cm³/mol. The molecule has 0 atom stereocenters. The third-order valence-electron chi connectivity index (χ3n) is 2.14. The molecule has 0 amide bonds. The van der Waals surface area contributed by atoms with Crippen LogP contribution in [0.15, 0.2) is 23.6 Å². The van der Waals surface area contributed by atoms with E-state index >= 15 is 0 Å². The van der Waals surface area contributed by atoms with Gasteiger partial charge in [-0.15, -0.1) is 22.7 Å². The van der Waals surface area contributed by atoms with Crippen LogP contribution in [0.1, 0.15) is 22.2 Å². The molecule has 0 aliphatic carbocycles. The van der Waals surface area contributed by atoms with Crippen molar-refractivity contribution in [2.75, 3.05) is 6.61 Å². The Kier molecular flexibility index (Phi) is 3.41. The van der Waals surface area contributed by atoms with Gasteiger partial charge in [0.15, 0.2) is 0 Å². The van der Waals surface area contributed by atoms with E-state index in [0.717, 1.165) is 10.4 Å². The molecule has 4 heteroatoms.